The fourth-order valence-electron chi connectivity index (χ4n) is 4.68. The van der Waals surface area contributed by atoms with Crippen molar-refractivity contribution in [3.8, 4) is 0 Å². The zero-order valence-electron chi connectivity index (χ0n) is 21.1. The van der Waals surface area contributed by atoms with E-state index in [1.54, 1.807) is 11.1 Å². The highest BCUT2D eigenvalue weighted by Gasteiger charge is 2.31. The lowest BCUT2D eigenvalue weighted by atomic mass is 9.90. The van der Waals surface area contributed by atoms with E-state index in [9.17, 15) is 14.4 Å². The number of hydrogen-bond acceptors (Lipinski definition) is 3. The van der Waals surface area contributed by atoms with Crippen LogP contribution in [0.3, 0.4) is 0 Å². The van der Waals surface area contributed by atoms with E-state index in [0.717, 1.165) is 36.8 Å². The Hall–Kier alpha value is -3.12. The Morgan fingerprint density at radius 1 is 1.08 bits per heavy atom. The first-order chi connectivity index (χ1) is 17.4. The van der Waals surface area contributed by atoms with Crippen molar-refractivity contribution in [2.24, 2.45) is 5.92 Å². The first kappa shape index (κ1) is 27.5. The van der Waals surface area contributed by atoms with Gasteiger partial charge in [0.25, 0.3) is 5.91 Å². The molecule has 2 heterocycles. The van der Waals surface area contributed by atoms with Crippen molar-refractivity contribution in [3.63, 3.8) is 0 Å². The highest BCUT2D eigenvalue weighted by Crippen LogP contribution is 2.18. The number of rotatable bonds is 12. The van der Waals surface area contributed by atoms with Gasteiger partial charge in [0, 0.05) is 11.5 Å². The smallest absolute Gasteiger partial charge is 0.279 e. The van der Waals surface area contributed by atoms with E-state index in [0.29, 0.717) is 44.2 Å². The van der Waals surface area contributed by atoms with E-state index in [2.05, 4.69) is 38.1 Å². The molecule has 0 saturated carbocycles. The van der Waals surface area contributed by atoms with Crippen LogP contribution in [-0.2, 0) is 14.4 Å². The topological polar surface area (TPSA) is 192 Å². The van der Waals surface area contributed by atoms with Crippen molar-refractivity contribution >= 4 is 34.3 Å². The molecule has 0 spiro atoms. The summed E-state index contributed by atoms with van der Waals surface area (Å²) in [7, 11) is 0. The minimum absolute atomic E-state index is 0.0157. The maximum atomic E-state index is 13.3. The van der Waals surface area contributed by atoms with Crippen LogP contribution in [0.5, 0.6) is 0 Å². The van der Waals surface area contributed by atoms with Gasteiger partial charge in [-0.15, -0.1) is 0 Å². The number of anilines is 1. The number of amides is 3. The van der Waals surface area contributed by atoms with Crippen LogP contribution in [0.1, 0.15) is 25.7 Å². The Morgan fingerprint density at radius 2 is 1.78 bits per heavy atom. The van der Waals surface area contributed by atoms with Gasteiger partial charge in [-0.1, -0.05) is 12.1 Å². The molecule has 11 heteroatoms. The zero-order chi connectivity index (χ0) is 25.9. The molecule has 11 nitrogen and oxygen atoms in total. The second-order valence-corrected chi connectivity index (χ2v) is 9.56. The van der Waals surface area contributed by atoms with Crippen molar-refractivity contribution in [2.45, 2.75) is 37.8 Å². The number of piperidine rings is 1. The first-order valence-electron chi connectivity index (χ1n) is 12.9. The third-order valence-electron chi connectivity index (χ3n) is 6.68. The molecule has 36 heavy (non-hydrogen) atoms. The molecule has 3 rings (SSSR count). The number of para-hydroxylation sites is 1. The summed E-state index contributed by atoms with van der Waals surface area (Å²) in [6.45, 7) is 4.27. The van der Waals surface area contributed by atoms with Crippen molar-refractivity contribution in [1.29, 1.82) is 0 Å². The lowest BCUT2D eigenvalue weighted by Crippen LogP contribution is -2.86. The summed E-state index contributed by atoms with van der Waals surface area (Å²) in [4.78, 5) is 43.9. The zero-order valence-corrected chi connectivity index (χ0v) is 21.1. The fourth-order valence-corrected chi connectivity index (χ4v) is 4.68. The summed E-state index contributed by atoms with van der Waals surface area (Å²) >= 11 is 0. The molecule has 2 aromatic rings. The number of hydrogen-bond donors (Lipinski definition) is 6. The standard InChI is InChI=1S/C25H38N8O3/c26-7-11-33(12-8-27)23(34)15-20(28)24(35)32-22(13-17-5-9-29-10-6-17)25(36)31-19-14-18-3-1-2-4-21(18)30-16-19/h1-4,14,16-17,20,22,29H,5-13,15,26-28H2,(H,31,36)(H,32,35)/p+5/t20-,22-/m0/s1. The van der Waals surface area contributed by atoms with Gasteiger partial charge in [-0.3, -0.25) is 14.4 Å². The molecule has 2 atom stereocenters. The molecule has 3 amide bonds. The molecule has 1 aliphatic rings. The van der Waals surface area contributed by atoms with Gasteiger partial charge in [0.15, 0.2) is 12.2 Å². The second-order valence-electron chi connectivity index (χ2n) is 9.56. The summed E-state index contributed by atoms with van der Waals surface area (Å²) in [6.07, 6.45) is 4.29. The molecule has 0 aliphatic carbocycles. The van der Waals surface area contributed by atoms with Gasteiger partial charge < -0.3 is 38.1 Å². The number of quaternary nitrogens is 4. The molecule has 0 unspecified atom stereocenters. The van der Waals surface area contributed by atoms with Gasteiger partial charge >= 0.3 is 0 Å². The molecule has 1 fully saturated rings. The van der Waals surface area contributed by atoms with Gasteiger partial charge in [-0.2, -0.15) is 0 Å². The van der Waals surface area contributed by atoms with E-state index in [4.69, 9.17) is 0 Å². The third-order valence-corrected chi connectivity index (χ3v) is 6.68. The minimum Gasteiger partial charge on any atom is -0.356 e. The van der Waals surface area contributed by atoms with Crippen LogP contribution in [0, 0.1) is 5.92 Å². The lowest BCUT2D eigenvalue weighted by molar-refractivity contribution is -0.664. The largest absolute Gasteiger partial charge is 0.356 e. The number of aromatic nitrogens is 1. The Balaban J connectivity index is 1.67. The molecule has 1 aromatic carbocycles. The Labute approximate surface area is 211 Å². The molecule has 196 valence electrons. The van der Waals surface area contributed by atoms with E-state index in [-0.39, 0.29) is 24.1 Å². The first-order valence-corrected chi connectivity index (χ1v) is 12.9. The predicted octanol–water partition coefficient (Wildman–Crippen LogP) is -4.25. The van der Waals surface area contributed by atoms with Crippen LogP contribution >= 0.6 is 0 Å². The van der Waals surface area contributed by atoms with Crippen LogP contribution in [-0.4, -0.2) is 74.0 Å². The number of nitrogens with zero attached hydrogens (tertiary/aromatic N) is 1. The van der Waals surface area contributed by atoms with Crippen molar-refractivity contribution < 1.29 is 41.9 Å². The molecule has 0 bridgehead atoms. The van der Waals surface area contributed by atoms with Crippen LogP contribution in [0.2, 0.25) is 0 Å². The van der Waals surface area contributed by atoms with Gasteiger partial charge in [-0.25, -0.2) is 4.98 Å². The number of H-pyrrole nitrogens is 1. The monoisotopic (exact) mass is 503 g/mol. The summed E-state index contributed by atoms with van der Waals surface area (Å²) in [5.74, 6) is -0.451. The summed E-state index contributed by atoms with van der Waals surface area (Å²) in [5, 5.41) is 9.11. The number of aromatic amines is 1. The minimum atomic E-state index is -0.793. The highest BCUT2D eigenvalue weighted by atomic mass is 16.2. The van der Waals surface area contributed by atoms with Crippen LogP contribution < -0.4 is 38.1 Å². The predicted molar refractivity (Wildman–Crippen MR) is 133 cm³/mol. The maximum Gasteiger partial charge on any atom is 0.279 e. The van der Waals surface area contributed by atoms with E-state index >= 15 is 0 Å². The maximum absolute atomic E-state index is 13.3. The second kappa shape index (κ2) is 13.8. The molecule has 1 aromatic heterocycles. The summed E-state index contributed by atoms with van der Waals surface area (Å²) in [6, 6.07) is 8.23. The molecule has 0 radical (unpaired) electrons. The number of carbonyl (C=O) groups is 3. The van der Waals surface area contributed by atoms with Crippen molar-refractivity contribution in [3.05, 3.63) is 36.5 Å². The average molecular weight is 504 g/mol. The molecular weight excluding hydrogens is 460 g/mol. The number of nitrogens with two attached hydrogens (primary N) is 1. The number of carbonyl (C=O) groups excluding carboxylic acids is 3. The number of fused-ring (bicyclic) bond motifs is 1. The Morgan fingerprint density at radius 3 is 2.47 bits per heavy atom. The SMILES string of the molecule is [NH3+]CCN(CC[NH3+])C(=O)C[C@H]([NH3+])C(=O)N[C@@H](CC1CC[NH2+]CC1)C(=O)Nc1c[nH+]c2ccccc2c1. The van der Waals surface area contributed by atoms with Crippen molar-refractivity contribution in [1.82, 2.24) is 10.2 Å². The van der Waals surface area contributed by atoms with Crippen LogP contribution in [0.15, 0.2) is 36.5 Å². The van der Waals surface area contributed by atoms with E-state index in [1.165, 1.54) is 0 Å². The molecule has 1 saturated heterocycles. The molecule has 1 aliphatic heterocycles. The molecular formula is C25H43N8O3+5. The quantitative estimate of drug-likeness (QED) is 0.171. The normalized spacial score (nSPS) is 15.8. The Kier molecular flexibility index (Phi) is 10.6. The molecule has 14 N–H and O–H groups in total. The van der Waals surface area contributed by atoms with Crippen LogP contribution in [0.4, 0.5) is 5.69 Å². The number of benzene rings is 1. The Bertz CT molecular complexity index is 1020. The highest BCUT2D eigenvalue weighted by molar-refractivity contribution is 5.98. The van der Waals surface area contributed by atoms with Gasteiger partial charge in [0.2, 0.25) is 17.3 Å². The summed E-state index contributed by atoms with van der Waals surface area (Å²) in [5.41, 5.74) is 13.1. The van der Waals surface area contributed by atoms with Gasteiger partial charge in [-0.05, 0) is 37.3 Å². The average Bonchev–Trinajstić information content (AvgIpc) is 2.88. The number of nitrogens with one attached hydrogen (secondary N) is 3. The van der Waals surface area contributed by atoms with E-state index < -0.39 is 12.1 Å². The van der Waals surface area contributed by atoms with Gasteiger partial charge in [0.05, 0.1) is 45.7 Å². The summed E-state index contributed by atoms with van der Waals surface area (Å²) < 4.78 is 0. The van der Waals surface area contributed by atoms with Gasteiger partial charge in [0.1, 0.15) is 11.7 Å². The van der Waals surface area contributed by atoms with E-state index in [1.807, 2.05) is 30.3 Å². The lowest BCUT2D eigenvalue weighted by Gasteiger charge is -2.26. The van der Waals surface area contributed by atoms with Crippen LogP contribution in [0.25, 0.3) is 10.9 Å². The number of pyridine rings is 1. The fraction of sp³-hybridized carbons (Fsp3) is 0.520. The van der Waals surface area contributed by atoms with Crippen molar-refractivity contribution in [2.75, 3.05) is 44.6 Å². The third kappa shape index (κ3) is 7.95.